The number of nitrogens with one attached hydrogen (secondary N) is 3. The summed E-state index contributed by atoms with van der Waals surface area (Å²) in [7, 11) is 0. The zero-order chi connectivity index (χ0) is 13.9. The lowest BCUT2D eigenvalue weighted by atomic mass is 10.3. The highest BCUT2D eigenvalue weighted by Crippen LogP contribution is 2.17. The van der Waals surface area contributed by atoms with E-state index in [4.69, 9.17) is 0 Å². The second-order valence-corrected chi connectivity index (χ2v) is 5.14. The van der Waals surface area contributed by atoms with Crippen LogP contribution in [-0.2, 0) is 0 Å². The van der Waals surface area contributed by atoms with E-state index < -0.39 is 0 Å². The Morgan fingerprint density at radius 1 is 1.20 bits per heavy atom. The summed E-state index contributed by atoms with van der Waals surface area (Å²) in [6.07, 6.45) is 3.52. The lowest BCUT2D eigenvalue weighted by Crippen LogP contribution is -2.19. The number of hydrogen-bond donors (Lipinski definition) is 3. The van der Waals surface area contributed by atoms with Crippen molar-refractivity contribution in [2.24, 2.45) is 0 Å². The SMILES string of the molecule is O=C(Nc1cccc(Br)c1)Nc1cc2cc[nH]c2cn1. The van der Waals surface area contributed by atoms with Gasteiger partial charge in [-0.1, -0.05) is 22.0 Å². The van der Waals surface area contributed by atoms with E-state index in [2.05, 4.69) is 36.5 Å². The summed E-state index contributed by atoms with van der Waals surface area (Å²) >= 11 is 3.35. The Bertz CT molecular complexity index is 768. The molecule has 100 valence electrons. The van der Waals surface area contributed by atoms with Gasteiger partial charge in [0.15, 0.2) is 0 Å². The zero-order valence-electron chi connectivity index (χ0n) is 10.4. The standard InChI is InChI=1S/C14H11BrN4O/c15-10-2-1-3-11(7-10)18-14(20)19-13-6-9-4-5-16-12(9)8-17-13/h1-8,16H,(H2,17,18,19,20). The van der Waals surface area contributed by atoms with E-state index in [0.29, 0.717) is 11.5 Å². The molecular formula is C14H11BrN4O. The molecule has 0 aliphatic carbocycles. The number of carbonyl (C=O) groups excluding carboxylic acids is 1. The Morgan fingerprint density at radius 2 is 2.10 bits per heavy atom. The lowest BCUT2D eigenvalue weighted by Gasteiger charge is -2.07. The minimum Gasteiger partial charge on any atom is -0.360 e. The quantitative estimate of drug-likeness (QED) is 0.665. The van der Waals surface area contributed by atoms with E-state index in [0.717, 1.165) is 15.4 Å². The van der Waals surface area contributed by atoms with Crippen LogP contribution in [0.4, 0.5) is 16.3 Å². The fourth-order valence-electron chi connectivity index (χ4n) is 1.86. The van der Waals surface area contributed by atoms with Gasteiger partial charge in [-0.2, -0.15) is 0 Å². The molecule has 6 heteroatoms. The Morgan fingerprint density at radius 3 is 2.95 bits per heavy atom. The molecule has 3 aromatic rings. The molecule has 2 heterocycles. The second kappa shape index (κ2) is 5.34. The first-order chi connectivity index (χ1) is 9.70. The number of carbonyl (C=O) groups is 1. The molecule has 0 saturated heterocycles. The van der Waals surface area contributed by atoms with Crippen molar-refractivity contribution in [3.05, 3.63) is 53.3 Å². The Labute approximate surface area is 123 Å². The number of pyridine rings is 1. The monoisotopic (exact) mass is 330 g/mol. The van der Waals surface area contributed by atoms with E-state index in [1.54, 1.807) is 6.20 Å². The van der Waals surface area contributed by atoms with Crippen LogP contribution in [0.15, 0.2) is 53.3 Å². The third-order valence-corrected chi connectivity index (χ3v) is 3.26. The van der Waals surface area contributed by atoms with Gasteiger partial charge in [0.2, 0.25) is 0 Å². The zero-order valence-corrected chi connectivity index (χ0v) is 11.9. The van der Waals surface area contributed by atoms with Gasteiger partial charge >= 0.3 is 6.03 Å². The number of H-pyrrole nitrogens is 1. The van der Waals surface area contributed by atoms with E-state index >= 15 is 0 Å². The van der Waals surface area contributed by atoms with Crippen molar-refractivity contribution in [1.29, 1.82) is 0 Å². The third kappa shape index (κ3) is 2.80. The molecule has 0 fully saturated rings. The first-order valence-electron chi connectivity index (χ1n) is 5.97. The number of nitrogens with zero attached hydrogens (tertiary/aromatic N) is 1. The van der Waals surface area contributed by atoms with Gasteiger partial charge in [0.05, 0.1) is 11.7 Å². The number of aromatic amines is 1. The van der Waals surface area contributed by atoms with E-state index in [9.17, 15) is 4.79 Å². The predicted molar refractivity (Wildman–Crippen MR) is 82.9 cm³/mol. The van der Waals surface area contributed by atoms with Crippen LogP contribution >= 0.6 is 15.9 Å². The van der Waals surface area contributed by atoms with Crippen molar-refractivity contribution in [2.45, 2.75) is 0 Å². The number of anilines is 2. The van der Waals surface area contributed by atoms with Gasteiger partial charge in [-0.15, -0.1) is 0 Å². The minimum atomic E-state index is -0.328. The van der Waals surface area contributed by atoms with Crippen molar-refractivity contribution >= 4 is 44.4 Å². The van der Waals surface area contributed by atoms with Gasteiger partial charge in [-0.3, -0.25) is 5.32 Å². The van der Waals surface area contributed by atoms with Crippen molar-refractivity contribution in [3.8, 4) is 0 Å². The molecule has 0 unspecified atom stereocenters. The molecule has 1 aromatic carbocycles. The molecule has 20 heavy (non-hydrogen) atoms. The average molecular weight is 331 g/mol. The number of amides is 2. The number of aromatic nitrogens is 2. The van der Waals surface area contributed by atoms with Gasteiger partial charge in [-0.05, 0) is 30.3 Å². The molecule has 2 amide bonds. The summed E-state index contributed by atoms with van der Waals surface area (Å²) in [5.41, 5.74) is 1.64. The van der Waals surface area contributed by atoms with Crippen LogP contribution < -0.4 is 10.6 Å². The van der Waals surface area contributed by atoms with Crippen LogP contribution in [0.3, 0.4) is 0 Å². The summed E-state index contributed by atoms with van der Waals surface area (Å²) in [6.45, 7) is 0. The molecule has 0 radical (unpaired) electrons. The highest BCUT2D eigenvalue weighted by atomic mass is 79.9. The largest absolute Gasteiger partial charge is 0.360 e. The van der Waals surface area contributed by atoms with Gasteiger partial charge in [0, 0.05) is 21.7 Å². The minimum absolute atomic E-state index is 0.328. The van der Waals surface area contributed by atoms with E-state index in [1.165, 1.54) is 0 Å². The van der Waals surface area contributed by atoms with Crippen LogP contribution in [0.1, 0.15) is 0 Å². The van der Waals surface area contributed by atoms with Crippen LogP contribution in [0, 0.1) is 0 Å². The van der Waals surface area contributed by atoms with Crippen molar-refractivity contribution in [3.63, 3.8) is 0 Å². The van der Waals surface area contributed by atoms with Gasteiger partial charge in [0.25, 0.3) is 0 Å². The molecule has 0 atom stereocenters. The van der Waals surface area contributed by atoms with Crippen molar-refractivity contribution in [1.82, 2.24) is 9.97 Å². The molecule has 0 spiro atoms. The fraction of sp³-hybridized carbons (Fsp3) is 0. The molecule has 0 aliphatic heterocycles. The first-order valence-corrected chi connectivity index (χ1v) is 6.77. The second-order valence-electron chi connectivity index (χ2n) is 4.22. The van der Waals surface area contributed by atoms with Gasteiger partial charge in [0.1, 0.15) is 5.82 Å². The van der Waals surface area contributed by atoms with E-state index in [1.807, 2.05) is 42.6 Å². The molecule has 0 bridgehead atoms. The molecule has 3 rings (SSSR count). The summed E-state index contributed by atoms with van der Waals surface area (Å²) in [4.78, 5) is 19.1. The number of halogens is 1. The summed E-state index contributed by atoms with van der Waals surface area (Å²) in [5, 5.41) is 6.44. The number of urea groups is 1. The van der Waals surface area contributed by atoms with Crippen LogP contribution in [0.5, 0.6) is 0 Å². The summed E-state index contributed by atoms with van der Waals surface area (Å²) < 4.78 is 0.905. The highest BCUT2D eigenvalue weighted by Gasteiger charge is 2.05. The normalized spacial score (nSPS) is 10.4. The summed E-state index contributed by atoms with van der Waals surface area (Å²) in [5.74, 6) is 0.504. The van der Waals surface area contributed by atoms with Crippen molar-refractivity contribution in [2.75, 3.05) is 10.6 Å². The molecule has 2 aromatic heterocycles. The van der Waals surface area contributed by atoms with Gasteiger partial charge in [-0.25, -0.2) is 9.78 Å². The van der Waals surface area contributed by atoms with Crippen LogP contribution in [0.2, 0.25) is 0 Å². The van der Waals surface area contributed by atoms with Gasteiger partial charge < -0.3 is 10.3 Å². The highest BCUT2D eigenvalue weighted by molar-refractivity contribution is 9.10. The molecule has 5 nitrogen and oxygen atoms in total. The third-order valence-electron chi connectivity index (χ3n) is 2.76. The maximum atomic E-state index is 11.9. The maximum Gasteiger partial charge on any atom is 0.324 e. The first kappa shape index (κ1) is 12.7. The molecular weight excluding hydrogens is 320 g/mol. The smallest absolute Gasteiger partial charge is 0.324 e. The Balaban J connectivity index is 1.72. The predicted octanol–water partition coefficient (Wildman–Crippen LogP) is 3.97. The van der Waals surface area contributed by atoms with Crippen molar-refractivity contribution < 1.29 is 4.79 Å². The molecule has 0 saturated carbocycles. The Kier molecular flexibility index (Phi) is 3.39. The maximum absolute atomic E-state index is 11.9. The number of rotatable bonds is 2. The average Bonchev–Trinajstić information content (AvgIpc) is 2.86. The number of hydrogen-bond acceptors (Lipinski definition) is 2. The number of fused-ring (bicyclic) bond motifs is 1. The Hall–Kier alpha value is -2.34. The molecule has 3 N–H and O–H groups in total. The lowest BCUT2D eigenvalue weighted by molar-refractivity contribution is 0.262. The number of benzene rings is 1. The van der Waals surface area contributed by atoms with Crippen LogP contribution in [0.25, 0.3) is 10.9 Å². The topological polar surface area (TPSA) is 69.8 Å². The van der Waals surface area contributed by atoms with E-state index in [-0.39, 0.29) is 6.03 Å². The van der Waals surface area contributed by atoms with Crippen LogP contribution in [-0.4, -0.2) is 16.0 Å². The fourth-order valence-corrected chi connectivity index (χ4v) is 2.26. The summed E-state index contributed by atoms with van der Waals surface area (Å²) in [6, 6.07) is 10.8. The molecule has 0 aliphatic rings.